The molecular weight excluding hydrogens is 480 g/mol. The second-order valence-electron chi connectivity index (χ2n) is 5.37. The summed E-state index contributed by atoms with van der Waals surface area (Å²) < 4.78 is 0.545. The molecule has 0 saturated heterocycles. The molecule has 10 heteroatoms. The van der Waals surface area contributed by atoms with E-state index in [0.29, 0.717) is 4.47 Å². The monoisotopic (exact) mass is 488 g/mol. The zero-order chi connectivity index (χ0) is 19.8. The fraction of sp³-hybridized carbons (Fsp3) is 0.125. The van der Waals surface area contributed by atoms with Crippen molar-refractivity contribution >= 4 is 61.3 Å². The average Bonchev–Trinajstić information content (AvgIpc) is 2.54. The first-order valence-electron chi connectivity index (χ1n) is 6.86. The summed E-state index contributed by atoms with van der Waals surface area (Å²) in [4.78, 5) is 46.0. The van der Waals surface area contributed by atoms with Gasteiger partial charge in [0, 0.05) is 15.4 Å². The fourth-order valence-corrected chi connectivity index (χ4v) is 3.78. The van der Waals surface area contributed by atoms with Gasteiger partial charge in [-0.3, -0.25) is 9.59 Å². The molecule has 8 nitrogen and oxygen atoms in total. The second-order valence-corrected chi connectivity index (χ2v) is 7.19. The molecule has 1 aromatic rings. The van der Waals surface area contributed by atoms with Crippen LogP contribution in [0.2, 0.25) is 0 Å². The number of carboxylic acid groups (broad SMARTS) is 4. The van der Waals surface area contributed by atoms with Gasteiger partial charge < -0.3 is 20.4 Å². The van der Waals surface area contributed by atoms with E-state index < -0.39 is 41.3 Å². The summed E-state index contributed by atoms with van der Waals surface area (Å²) >= 11 is 6.35. The minimum Gasteiger partial charge on any atom is -0.480 e. The van der Waals surface area contributed by atoms with Gasteiger partial charge in [-0.1, -0.05) is 31.9 Å². The maximum atomic E-state index is 11.6. The number of carboxylic acids is 4. The third-order valence-corrected chi connectivity index (χ3v) is 5.32. The van der Waals surface area contributed by atoms with Crippen molar-refractivity contribution in [3.8, 4) is 0 Å². The minimum absolute atomic E-state index is 0.0745. The summed E-state index contributed by atoms with van der Waals surface area (Å²) in [6.45, 7) is 0. The Kier molecular flexibility index (Phi) is 5.38. The number of aliphatic carboxylic acids is 3. The van der Waals surface area contributed by atoms with Crippen molar-refractivity contribution in [1.29, 1.82) is 0 Å². The molecule has 0 radical (unpaired) electrons. The van der Waals surface area contributed by atoms with Crippen molar-refractivity contribution in [3.63, 3.8) is 0 Å². The smallest absolute Gasteiger partial charge is 0.335 e. The summed E-state index contributed by atoms with van der Waals surface area (Å²) in [5.41, 5.74) is -3.11. The van der Waals surface area contributed by atoms with Crippen molar-refractivity contribution in [1.82, 2.24) is 0 Å². The molecule has 0 atom stereocenters. The molecule has 4 N–H and O–H groups in total. The first kappa shape index (κ1) is 19.9. The number of rotatable bonds is 5. The molecule has 0 fully saturated rings. The SMILES string of the molecule is O=C(O)C1=CC(c2cc(C(=O)O)ccc2Br)=C(Br)CC1(C(=O)O)C(=O)O. The van der Waals surface area contributed by atoms with Crippen LogP contribution in [0.5, 0.6) is 0 Å². The molecule has 0 heterocycles. The van der Waals surface area contributed by atoms with Crippen LogP contribution in [0.4, 0.5) is 0 Å². The standard InChI is InChI=1S/C16H10Br2O8/c17-10-2-1-6(12(19)20)3-7(10)8-4-9(13(21)22)16(14(23)24,15(25)26)5-11(8)18/h1-4H,5H2,(H,19,20)(H,21,22)(H,23,24)(H,25,26). The van der Waals surface area contributed by atoms with Gasteiger partial charge in [0.1, 0.15) is 0 Å². The summed E-state index contributed by atoms with van der Waals surface area (Å²) in [5, 5.41) is 37.3. The molecule has 2 rings (SSSR count). The van der Waals surface area contributed by atoms with Gasteiger partial charge in [0.2, 0.25) is 5.41 Å². The van der Waals surface area contributed by atoms with Gasteiger partial charge in [-0.2, -0.15) is 0 Å². The maximum Gasteiger partial charge on any atom is 0.335 e. The largest absolute Gasteiger partial charge is 0.480 e. The Bertz CT molecular complexity index is 899. The van der Waals surface area contributed by atoms with Gasteiger partial charge in [0.25, 0.3) is 0 Å². The van der Waals surface area contributed by atoms with E-state index >= 15 is 0 Å². The summed E-state index contributed by atoms with van der Waals surface area (Å²) in [6, 6.07) is 4.04. The van der Waals surface area contributed by atoms with E-state index in [4.69, 9.17) is 5.11 Å². The minimum atomic E-state index is -2.66. The number of hydrogen-bond acceptors (Lipinski definition) is 4. The molecule has 1 aliphatic rings. The Morgan fingerprint density at radius 3 is 1.96 bits per heavy atom. The number of allylic oxidation sites excluding steroid dienone is 3. The van der Waals surface area contributed by atoms with Crippen molar-refractivity contribution in [2.24, 2.45) is 5.41 Å². The van der Waals surface area contributed by atoms with Gasteiger partial charge in [-0.15, -0.1) is 0 Å². The molecule has 0 unspecified atom stereocenters. The molecular formula is C16H10Br2O8. The molecule has 0 aromatic heterocycles. The highest BCUT2D eigenvalue weighted by molar-refractivity contribution is 9.12. The van der Waals surface area contributed by atoms with E-state index in [0.717, 1.165) is 6.08 Å². The molecule has 1 aromatic carbocycles. The third kappa shape index (κ3) is 3.17. The van der Waals surface area contributed by atoms with Crippen LogP contribution in [0.15, 0.2) is 38.8 Å². The van der Waals surface area contributed by atoms with E-state index in [9.17, 15) is 34.5 Å². The third-order valence-electron chi connectivity index (χ3n) is 3.93. The van der Waals surface area contributed by atoms with Crippen LogP contribution in [0.1, 0.15) is 22.3 Å². The number of hydrogen-bond donors (Lipinski definition) is 4. The van der Waals surface area contributed by atoms with Crippen molar-refractivity contribution < 1.29 is 39.6 Å². The highest BCUT2D eigenvalue weighted by atomic mass is 79.9. The zero-order valence-corrected chi connectivity index (χ0v) is 15.9. The van der Waals surface area contributed by atoms with Crippen LogP contribution in [-0.2, 0) is 14.4 Å². The van der Waals surface area contributed by atoms with Crippen LogP contribution in [0, 0.1) is 5.41 Å². The Morgan fingerprint density at radius 1 is 0.923 bits per heavy atom. The average molecular weight is 490 g/mol. The van der Waals surface area contributed by atoms with Crippen molar-refractivity contribution in [2.45, 2.75) is 6.42 Å². The molecule has 136 valence electrons. The van der Waals surface area contributed by atoms with E-state index in [1.165, 1.54) is 18.2 Å². The van der Waals surface area contributed by atoms with Gasteiger partial charge in [0.15, 0.2) is 0 Å². The van der Waals surface area contributed by atoms with Gasteiger partial charge in [0.05, 0.1) is 11.1 Å². The summed E-state index contributed by atoms with van der Waals surface area (Å²) in [7, 11) is 0. The van der Waals surface area contributed by atoms with Crippen LogP contribution in [0.25, 0.3) is 5.57 Å². The highest BCUT2D eigenvalue weighted by Gasteiger charge is 2.55. The molecule has 0 aliphatic heterocycles. The van der Waals surface area contributed by atoms with Crippen LogP contribution < -0.4 is 0 Å². The lowest BCUT2D eigenvalue weighted by molar-refractivity contribution is -0.163. The molecule has 1 aliphatic carbocycles. The maximum absolute atomic E-state index is 11.6. The highest BCUT2D eigenvalue weighted by Crippen LogP contribution is 2.46. The summed E-state index contributed by atoms with van der Waals surface area (Å²) in [5.74, 6) is -6.53. The number of benzene rings is 1. The zero-order valence-electron chi connectivity index (χ0n) is 12.7. The first-order chi connectivity index (χ1) is 12.0. The van der Waals surface area contributed by atoms with Crippen LogP contribution in [-0.4, -0.2) is 44.3 Å². The number of halogens is 2. The van der Waals surface area contributed by atoms with Gasteiger partial charge >= 0.3 is 23.9 Å². The number of aromatic carboxylic acids is 1. The molecule has 0 amide bonds. The number of carbonyl (C=O) groups is 4. The van der Waals surface area contributed by atoms with E-state index in [2.05, 4.69) is 31.9 Å². The Labute approximate surface area is 162 Å². The predicted molar refractivity (Wildman–Crippen MR) is 95.0 cm³/mol. The lowest BCUT2D eigenvalue weighted by atomic mass is 9.72. The predicted octanol–water partition coefficient (Wildman–Crippen LogP) is 2.82. The van der Waals surface area contributed by atoms with Crippen molar-refractivity contribution in [3.05, 3.63) is 49.9 Å². The lowest BCUT2D eigenvalue weighted by Gasteiger charge is -2.30. The Hall–Kier alpha value is -2.46. The lowest BCUT2D eigenvalue weighted by Crippen LogP contribution is -2.44. The normalized spacial score (nSPS) is 16.0. The van der Waals surface area contributed by atoms with E-state index in [1.807, 2.05) is 0 Å². The van der Waals surface area contributed by atoms with Crippen LogP contribution >= 0.6 is 31.9 Å². The summed E-state index contributed by atoms with van der Waals surface area (Å²) in [6.07, 6.45) is 0.290. The Morgan fingerprint density at radius 2 is 1.50 bits per heavy atom. The molecule has 0 spiro atoms. The van der Waals surface area contributed by atoms with Gasteiger partial charge in [-0.05, 0) is 35.4 Å². The van der Waals surface area contributed by atoms with E-state index in [1.54, 1.807) is 0 Å². The van der Waals surface area contributed by atoms with Crippen LogP contribution in [0.3, 0.4) is 0 Å². The van der Waals surface area contributed by atoms with Crippen molar-refractivity contribution in [2.75, 3.05) is 0 Å². The van der Waals surface area contributed by atoms with E-state index in [-0.39, 0.29) is 21.2 Å². The van der Waals surface area contributed by atoms with Gasteiger partial charge in [-0.25, -0.2) is 9.59 Å². The Balaban J connectivity index is 2.76. The first-order valence-corrected chi connectivity index (χ1v) is 8.45. The molecule has 0 bridgehead atoms. The molecule has 26 heavy (non-hydrogen) atoms. The topological polar surface area (TPSA) is 149 Å². The quantitative estimate of drug-likeness (QED) is 0.461. The second kappa shape index (κ2) is 7.04. The molecule has 0 saturated carbocycles. The fourth-order valence-electron chi connectivity index (χ4n) is 2.58.